The zero-order chi connectivity index (χ0) is 16.6. The summed E-state index contributed by atoms with van der Waals surface area (Å²) < 4.78 is 0. The van der Waals surface area contributed by atoms with Gasteiger partial charge in [0.05, 0.1) is 17.9 Å². The Bertz CT molecular complexity index is 595. The summed E-state index contributed by atoms with van der Waals surface area (Å²) in [5.74, 6) is -1.32. The molecule has 1 aromatic carbocycles. The minimum atomic E-state index is -0.808. The molecule has 2 fully saturated rings. The van der Waals surface area contributed by atoms with Gasteiger partial charge in [-0.25, -0.2) is 0 Å². The van der Waals surface area contributed by atoms with Gasteiger partial charge >= 0.3 is 5.97 Å². The summed E-state index contributed by atoms with van der Waals surface area (Å²) in [6.45, 7) is 4.07. The monoisotopic (exact) mass is 315 g/mol. The van der Waals surface area contributed by atoms with E-state index in [1.807, 2.05) is 19.1 Å². The molecule has 2 saturated carbocycles. The Labute approximate surface area is 137 Å². The highest BCUT2D eigenvalue weighted by Crippen LogP contribution is 2.52. The van der Waals surface area contributed by atoms with Crippen LogP contribution in [-0.2, 0) is 16.0 Å². The molecule has 0 saturated heterocycles. The maximum Gasteiger partial charge on any atom is 0.307 e. The first kappa shape index (κ1) is 16.0. The van der Waals surface area contributed by atoms with Gasteiger partial charge in [0.15, 0.2) is 0 Å². The fraction of sp³-hybridized carbons (Fsp3) is 0.579. The Kier molecular flexibility index (Phi) is 4.42. The van der Waals surface area contributed by atoms with Crippen LogP contribution in [0.25, 0.3) is 0 Å². The number of rotatable bonds is 5. The van der Waals surface area contributed by atoms with E-state index in [2.05, 4.69) is 24.4 Å². The Morgan fingerprint density at radius 3 is 2.35 bits per heavy atom. The second-order valence-corrected chi connectivity index (χ2v) is 7.05. The van der Waals surface area contributed by atoms with E-state index >= 15 is 0 Å². The fourth-order valence-electron chi connectivity index (χ4n) is 4.46. The van der Waals surface area contributed by atoms with E-state index in [4.69, 9.17) is 0 Å². The SMILES string of the molecule is CCc1ccc([C@@H](C)NC(=O)[C@H]2[C@@H]3CC[C@@H](C3)[C@@H]2C(=O)O)cc1. The Balaban J connectivity index is 1.69. The highest BCUT2D eigenvalue weighted by molar-refractivity contribution is 5.86. The number of carbonyl (C=O) groups excluding carboxylic acids is 1. The van der Waals surface area contributed by atoms with Crippen LogP contribution in [0.2, 0.25) is 0 Å². The molecular weight excluding hydrogens is 290 g/mol. The number of carbonyl (C=O) groups is 2. The second-order valence-electron chi connectivity index (χ2n) is 7.05. The maximum atomic E-state index is 12.7. The van der Waals surface area contributed by atoms with Crippen LogP contribution < -0.4 is 5.32 Å². The first-order valence-corrected chi connectivity index (χ1v) is 8.63. The van der Waals surface area contributed by atoms with Crippen LogP contribution in [-0.4, -0.2) is 17.0 Å². The van der Waals surface area contributed by atoms with Crippen LogP contribution in [0, 0.1) is 23.7 Å². The number of amides is 1. The number of aryl methyl sites for hydroxylation is 1. The molecule has 4 heteroatoms. The number of hydrogen-bond donors (Lipinski definition) is 2. The molecule has 124 valence electrons. The van der Waals surface area contributed by atoms with E-state index in [0.29, 0.717) is 0 Å². The van der Waals surface area contributed by atoms with Gasteiger partial charge in [-0.1, -0.05) is 31.2 Å². The minimum absolute atomic E-state index is 0.0864. The predicted octanol–water partition coefficient (Wildman–Crippen LogP) is 3.17. The lowest BCUT2D eigenvalue weighted by Crippen LogP contribution is -2.42. The van der Waals surface area contributed by atoms with Crippen molar-refractivity contribution in [2.45, 2.75) is 45.6 Å². The molecule has 0 aromatic heterocycles. The largest absolute Gasteiger partial charge is 0.481 e. The molecule has 5 atom stereocenters. The Morgan fingerprint density at radius 1 is 1.17 bits per heavy atom. The summed E-state index contributed by atoms with van der Waals surface area (Å²) in [4.78, 5) is 24.2. The third kappa shape index (κ3) is 2.99. The molecule has 2 aliphatic rings. The standard InChI is InChI=1S/C19H25NO3/c1-3-12-4-6-13(7-5-12)11(2)20-18(21)16-14-8-9-15(10-14)17(16)19(22)23/h4-7,11,14-17H,3,8-10H2,1-2H3,(H,20,21)(H,22,23)/t11-,14-,15+,16+,17+/m1/s1. The molecule has 0 spiro atoms. The van der Waals surface area contributed by atoms with Crippen molar-refractivity contribution < 1.29 is 14.7 Å². The van der Waals surface area contributed by atoms with Gasteiger partial charge in [0.1, 0.15) is 0 Å². The molecule has 3 rings (SSSR count). The first-order chi connectivity index (χ1) is 11.0. The van der Waals surface area contributed by atoms with Gasteiger partial charge in [0.25, 0.3) is 0 Å². The zero-order valence-corrected chi connectivity index (χ0v) is 13.8. The van der Waals surface area contributed by atoms with Crippen LogP contribution in [0.5, 0.6) is 0 Å². The van der Waals surface area contributed by atoms with Gasteiger partial charge in [0, 0.05) is 0 Å². The summed E-state index contributed by atoms with van der Waals surface area (Å²) >= 11 is 0. The molecule has 1 amide bonds. The predicted molar refractivity (Wildman–Crippen MR) is 87.8 cm³/mol. The first-order valence-electron chi connectivity index (χ1n) is 8.63. The van der Waals surface area contributed by atoms with E-state index < -0.39 is 11.9 Å². The van der Waals surface area contributed by atoms with Crippen LogP contribution >= 0.6 is 0 Å². The molecule has 0 unspecified atom stereocenters. The van der Waals surface area contributed by atoms with Crippen molar-refractivity contribution in [2.75, 3.05) is 0 Å². The van der Waals surface area contributed by atoms with Crippen LogP contribution in [0.15, 0.2) is 24.3 Å². The Hall–Kier alpha value is -1.84. The summed E-state index contributed by atoms with van der Waals surface area (Å²) in [5.41, 5.74) is 2.33. The number of nitrogens with one attached hydrogen (secondary N) is 1. The smallest absolute Gasteiger partial charge is 0.307 e. The molecule has 2 N–H and O–H groups in total. The molecule has 23 heavy (non-hydrogen) atoms. The summed E-state index contributed by atoms with van der Waals surface area (Å²) in [5, 5.41) is 12.5. The summed E-state index contributed by atoms with van der Waals surface area (Å²) in [6, 6.07) is 8.14. The van der Waals surface area contributed by atoms with Gasteiger partial charge in [-0.2, -0.15) is 0 Å². The molecular formula is C19H25NO3. The van der Waals surface area contributed by atoms with Crippen molar-refractivity contribution in [3.05, 3.63) is 35.4 Å². The molecule has 0 heterocycles. The lowest BCUT2D eigenvalue weighted by molar-refractivity contribution is -0.149. The number of aliphatic carboxylic acids is 1. The van der Waals surface area contributed by atoms with Crippen LogP contribution in [0.4, 0.5) is 0 Å². The third-order valence-corrected chi connectivity index (χ3v) is 5.75. The molecule has 2 aliphatic carbocycles. The van der Waals surface area contributed by atoms with Crippen LogP contribution in [0.1, 0.15) is 50.3 Å². The zero-order valence-electron chi connectivity index (χ0n) is 13.8. The number of carboxylic acids is 1. The highest BCUT2D eigenvalue weighted by Gasteiger charge is 2.54. The quantitative estimate of drug-likeness (QED) is 0.877. The van der Waals surface area contributed by atoms with Gasteiger partial charge in [-0.3, -0.25) is 9.59 Å². The van der Waals surface area contributed by atoms with Crippen molar-refractivity contribution in [1.29, 1.82) is 0 Å². The van der Waals surface area contributed by atoms with Gasteiger partial charge in [-0.15, -0.1) is 0 Å². The molecule has 1 aromatic rings. The molecule has 0 aliphatic heterocycles. The summed E-state index contributed by atoms with van der Waals surface area (Å²) in [6.07, 6.45) is 3.84. The van der Waals surface area contributed by atoms with Crippen molar-refractivity contribution in [3.63, 3.8) is 0 Å². The van der Waals surface area contributed by atoms with Crippen LogP contribution in [0.3, 0.4) is 0 Å². The number of fused-ring (bicyclic) bond motifs is 2. The Morgan fingerprint density at radius 2 is 1.78 bits per heavy atom. The topological polar surface area (TPSA) is 66.4 Å². The van der Waals surface area contributed by atoms with E-state index in [1.165, 1.54) is 5.56 Å². The van der Waals surface area contributed by atoms with E-state index in [9.17, 15) is 14.7 Å². The highest BCUT2D eigenvalue weighted by atomic mass is 16.4. The van der Waals surface area contributed by atoms with E-state index in [0.717, 1.165) is 31.2 Å². The minimum Gasteiger partial charge on any atom is -0.481 e. The van der Waals surface area contributed by atoms with Crippen molar-refractivity contribution >= 4 is 11.9 Å². The van der Waals surface area contributed by atoms with E-state index in [1.54, 1.807) is 0 Å². The normalized spacial score (nSPS) is 30.2. The van der Waals surface area contributed by atoms with Gasteiger partial charge in [0.2, 0.25) is 5.91 Å². The number of benzene rings is 1. The van der Waals surface area contributed by atoms with Gasteiger partial charge in [-0.05, 0) is 55.6 Å². The third-order valence-electron chi connectivity index (χ3n) is 5.75. The van der Waals surface area contributed by atoms with Gasteiger partial charge < -0.3 is 10.4 Å². The van der Waals surface area contributed by atoms with E-state index in [-0.39, 0.29) is 29.7 Å². The average Bonchev–Trinajstić information content (AvgIpc) is 3.15. The second kappa shape index (κ2) is 6.34. The fourth-order valence-corrected chi connectivity index (χ4v) is 4.46. The number of carboxylic acid groups (broad SMARTS) is 1. The molecule has 4 nitrogen and oxygen atoms in total. The average molecular weight is 315 g/mol. The molecule has 0 radical (unpaired) electrons. The lowest BCUT2D eigenvalue weighted by Gasteiger charge is -2.28. The van der Waals surface area contributed by atoms with Crippen molar-refractivity contribution in [3.8, 4) is 0 Å². The maximum absolute atomic E-state index is 12.7. The molecule has 2 bridgehead atoms. The van der Waals surface area contributed by atoms with Crippen molar-refractivity contribution in [1.82, 2.24) is 5.32 Å². The summed E-state index contributed by atoms with van der Waals surface area (Å²) in [7, 11) is 0. The number of hydrogen-bond acceptors (Lipinski definition) is 2. The lowest BCUT2D eigenvalue weighted by atomic mass is 9.78. The van der Waals surface area contributed by atoms with Crippen molar-refractivity contribution in [2.24, 2.45) is 23.7 Å².